The van der Waals surface area contributed by atoms with Crippen molar-refractivity contribution >= 4 is 40.5 Å². The molecule has 0 fully saturated rings. The van der Waals surface area contributed by atoms with E-state index in [2.05, 4.69) is 5.32 Å². The maximum Gasteiger partial charge on any atom is 0.339 e. The van der Waals surface area contributed by atoms with Crippen LogP contribution in [0.2, 0.25) is 10.0 Å². The van der Waals surface area contributed by atoms with Gasteiger partial charge in [0.25, 0.3) is 0 Å². The summed E-state index contributed by atoms with van der Waals surface area (Å²) in [5.74, 6) is -0.400. The summed E-state index contributed by atoms with van der Waals surface area (Å²) in [6, 6.07) is 12.2. The Hall–Kier alpha value is -1.71. The molecule has 0 radical (unpaired) electrons. The van der Waals surface area contributed by atoms with Gasteiger partial charge in [0.15, 0.2) is 0 Å². The molecule has 0 unspecified atom stereocenters. The molecule has 2 aromatic carbocycles. The van der Waals surface area contributed by atoms with Crippen molar-refractivity contribution in [2.45, 2.75) is 0 Å². The molecule has 0 aliphatic rings. The number of ether oxygens (including phenoxy) is 1. The van der Waals surface area contributed by atoms with Gasteiger partial charge in [0.1, 0.15) is 0 Å². The predicted molar refractivity (Wildman–Crippen MR) is 77.5 cm³/mol. The van der Waals surface area contributed by atoms with Crippen LogP contribution in [0.25, 0.3) is 0 Å². The third-order valence-corrected chi connectivity index (χ3v) is 3.27. The molecule has 2 aromatic rings. The second kappa shape index (κ2) is 5.95. The predicted octanol–water partition coefficient (Wildman–Crippen LogP) is 4.52. The molecule has 19 heavy (non-hydrogen) atoms. The first-order valence-electron chi connectivity index (χ1n) is 5.51. The van der Waals surface area contributed by atoms with Crippen LogP contribution in [-0.2, 0) is 4.74 Å². The maximum atomic E-state index is 11.6. The highest BCUT2D eigenvalue weighted by molar-refractivity contribution is 6.42. The number of para-hydroxylation sites is 1. The highest BCUT2D eigenvalue weighted by atomic mass is 35.5. The molecule has 0 bridgehead atoms. The van der Waals surface area contributed by atoms with E-state index in [0.29, 0.717) is 21.3 Å². The molecule has 2 rings (SSSR count). The zero-order valence-electron chi connectivity index (χ0n) is 10.1. The first kappa shape index (κ1) is 13.7. The van der Waals surface area contributed by atoms with Gasteiger partial charge in [-0.15, -0.1) is 0 Å². The highest BCUT2D eigenvalue weighted by Gasteiger charge is 2.11. The molecule has 0 amide bonds. The van der Waals surface area contributed by atoms with Gasteiger partial charge in [-0.1, -0.05) is 35.3 Å². The molecule has 0 aromatic heterocycles. The van der Waals surface area contributed by atoms with Crippen molar-refractivity contribution in [1.29, 1.82) is 0 Å². The number of carbonyl (C=O) groups is 1. The lowest BCUT2D eigenvalue weighted by atomic mass is 10.1. The van der Waals surface area contributed by atoms with E-state index < -0.39 is 5.97 Å². The largest absolute Gasteiger partial charge is 0.465 e. The van der Waals surface area contributed by atoms with Crippen molar-refractivity contribution < 1.29 is 9.53 Å². The fraction of sp³-hybridized carbons (Fsp3) is 0.0714. The van der Waals surface area contributed by atoms with Gasteiger partial charge in [-0.3, -0.25) is 0 Å². The van der Waals surface area contributed by atoms with E-state index in [9.17, 15) is 4.79 Å². The molecule has 0 aliphatic heterocycles. The van der Waals surface area contributed by atoms with Crippen molar-refractivity contribution in [3.05, 3.63) is 58.1 Å². The van der Waals surface area contributed by atoms with E-state index in [1.165, 1.54) is 7.11 Å². The summed E-state index contributed by atoms with van der Waals surface area (Å²) in [5, 5.41) is 4.04. The molecule has 5 heteroatoms. The van der Waals surface area contributed by atoms with Gasteiger partial charge < -0.3 is 10.1 Å². The van der Waals surface area contributed by atoms with Crippen LogP contribution in [-0.4, -0.2) is 13.1 Å². The monoisotopic (exact) mass is 295 g/mol. The van der Waals surface area contributed by atoms with Crippen LogP contribution in [0.15, 0.2) is 42.5 Å². The molecule has 0 aliphatic carbocycles. The zero-order chi connectivity index (χ0) is 13.8. The summed E-state index contributed by atoms with van der Waals surface area (Å²) in [6.07, 6.45) is 0. The summed E-state index contributed by atoms with van der Waals surface area (Å²) in [5.41, 5.74) is 1.84. The molecule has 0 spiro atoms. The number of esters is 1. The number of hydrogen-bond donors (Lipinski definition) is 1. The van der Waals surface area contributed by atoms with Gasteiger partial charge in [-0.2, -0.15) is 0 Å². The Kier molecular flexibility index (Phi) is 4.30. The van der Waals surface area contributed by atoms with Crippen LogP contribution in [0.1, 0.15) is 10.4 Å². The van der Waals surface area contributed by atoms with Crippen molar-refractivity contribution in [3.63, 3.8) is 0 Å². The van der Waals surface area contributed by atoms with Crippen LogP contribution in [0.4, 0.5) is 11.4 Å². The van der Waals surface area contributed by atoms with E-state index in [1.54, 1.807) is 36.4 Å². The number of benzene rings is 2. The van der Waals surface area contributed by atoms with E-state index in [4.69, 9.17) is 27.9 Å². The summed E-state index contributed by atoms with van der Waals surface area (Å²) in [6.45, 7) is 0. The Bertz CT molecular complexity index is 614. The molecule has 0 saturated carbocycles. The summed E-state index contributed by atoms with van der Waals surface area (Å²) in [7, 11) is 1.35. The molecule has 3 nitrogen and oxygen atoms in total. The van der Waals surface area contributed by atoms with Crippen molar-refractivity contribution in [3.8, 4) is 0 Å². The molecule has 0 atom stereocenters. The lowest BCUT2D eigenvalue weighted by molar-refractivity contribution is 0.0602. The minimum absolute atomic E-state index is 0.400. The number of rotatable bonds is 3. The standard InChI is InChI=1S/C14H11Cl2NO2/c1-19-14(18)10-4-2-3-5-13(10)17-9-6-7-11(15)12(16)8-9/h2-8,17H,1H3. The van der Waals surface area contributed by atoms with Crippen LogP contribution < -0.4 is 5.32 Å². The molecule has 0 saturated heterocycles. The Labute approximate surface area is 121 Å². The Morgan fingerprint density at radius 1 is 1.11 bits per heavy atom. The van der Waals surface area contributed by atoms with Crippen molar-refractivity contribution in [2.75, 3.05) is 12.4 Å². The quantitative estimate of drug-likeness (QED) is 0.846. The smallest absolute Gasteiger partial charge is 0.339 e. The number of anilines is 2. The maximum absolute atomic E-state index is 11.6. The van der Waals surface area contributed by atoms with Gasteiger partial charge in [-0.25, -0.2) is 4.79 Å². The molecular weight excluding hydrogens is 285 g/mol. The SMILES string of the molecule is COC(=O)c1ccccc1Nc1ccc(Cl)c(Cl)c1. The van der Waals surface area contributed by atoms with Crippen LogP contribution in [0.3, 0.4) is 0 Å². The van der Waals surface area contributed by atoms with Crippen molar-refractivity contribution in [2.24, 2.45) is 0 Å². The fourth-order valence-electron chi connectivity index (χ4n) is 1.61. The average Bonchev–Trinajstić information content (AvgIpc) is 2.43. The minimum Gasteiger partial charge on any atom is -0.465 e. The zero-order valence-corrected chi connectivity index (χ0v) is 11.6. The second-order valence-corrected chi connectivity index (χ2v) is 4.61. The third kappa shape index (κ3) is 3.19. The summed E-state index contributed by atoms with van der Waals surface area (Å²) in [4.78, 5) is 11.6. The van der Waals surface area contributed by atoms with Gasteiger partial charge in [0.05, 0.1) is 28.4 Å². The average molecular weight is 296 g/mol. The Morgan fingerprint density at radius 2 is 1.84 bits per heavy atom. The summed E-state index contributed by atoms with van der Waals surface area (Å²) < 4.78 is 4.73. The first-order chi connectivity index (χ1) is 9.11. The molecule has 98 valence electrons. The molecular formula is C14H11Cl2NO2. The van der Waals surface area contributed by atoms with E-state index in [1.807, 2.05) is 6.07 Å². The lowest BCUT2D eigenvalue weighted by Gasteiger charge is -2.11. The Balaban J connectivity index is 2.32. The van der Waals surface area contributed by atoms with Crippen LogP contribution in [0.5, 0.6) is 0 Å². The molecule has 0 heterocycles. The third-order valence-electron chi connectivity index (χ3n) is 2.53. The molecule has 1 N–H and O–H groups in total. The van der Waals surface area contributed by atoms with Gasteiger partial charge in [0, 0.05) is 5.69 Å². The van der Waals surface area contributed by atoms with Gasteiger partial charge >= 0.3 is 5.97 Å². The van der Waals surface area contributed by atoms with Gasteiger partial charge in [0.2, 0.25) is 0 Å². The van der Waals surface area contributed by atoms with Crippen LogP contribution >= 0.6 is 23.2 Å². The minimum atomic E-state index is -0.400. The number of halogens is 2. The van der Waals surface area contributed by atoms with Gasteiger partial charge in [-0.05, 0) is 30.3 Å². The van der Waals surface area contributed by atoms with E-state index >= 15 is 0 Å². The number of nitrogens with one attached hydrogen (secondary N) is 1. The first-order valence-corrected chi connectivity index (χ1v) is 6.27. The highest BCUT2D eigenvalue weighted by Crippen LogP contribution is 2.28. The topological polar surface area (TPSA) is 38.3 Å². The fourth-order valence-corrected chi connectivity index (χ4v) is 1.91. The second-order valence-electron chi connectivity index (χ2n) is 3.79. The number of carbonyl (C=O) groups excluding carboxylic acids is 1. The van der Waals surface area contributed by atoms with E-state index in [0.717, 1.165) is 5.69 Å². The summed E-state index contributed by atoms with van der Waals surface area (Å²) >= 11 is 11.8. The Morgan fingerprint density at radius 3 is 2.53 bits per heavy atom. The van der Waals surface area contributed by atoms with E-state index in [-0.39, 0.29) is 0 Å². The lowest BCUT2D eigenvalue weighted by Crippen LogP contribution is -2.05. The normalized spacial score (nSPS) is 10.1. The number of methoxy groups -OCH3 is 1. The van der Waals surface area contributed by atoms with Crippen LogP contribution in [0, 0.1) is 0 Å². The van der Waals surface area contributed by atoms with Crippen molar-refractivity contribution in [1.82, 2.24) is 0 Å². The number of hydrogen-bond acceptors (Lipinski definition) is 3.